The van der Waals surface area contributed by atoms with Crippen LogP contribution in [-0.4, -0.2) is 35.5 Å². The topological polar surface area (TPSA) is 75.8 Å². The molecule has 2 aromatic rings. The molecule has 3 atom stereocenters. The summed E-state index contributed by atoms with van der Waals surface area (Å²) in [5.74, 6) is 0.0389. The Morgan fingerprint density at radius 2 is 1.97 bits per heavy atom. The Morgan fingerprint density at radius 1 is 1.14 bits per heavy atom. The van der Waals surface area contributed by atoms with Crippen LogP contribution in [0.2, 0.25) is 0 Å². The van der Waals surface area contributed by atoms with Crippen molar-refractivity contribution >= 4 is 24.2 Å². The van der Waals surface area contributed by atoms with E-state index >= 15 is 0 Å². The first-order chi connectivity index (χ1) is 14.0. The first-order valence-electron chi connectivity index (χ1n) is 10.4. The van der Waals surface area contributed by atoms with Gasteiger partial charge in [0.15, 0.2) is 0 Å². The Labute approximate surface area is 171 Å². The average molecular weight is 410 g/mol. The minimum absolute atomic E-state index is 0.0389. The summed E-state index contributed by atoms with van der Waals surface area (Å²) in [5.41, 5.74) is 12.4. The average Bonchev–Trinajstić information content (AvgIpc) is 3.22. The molecule has 5 nitrogen and oxygen atoms in total. The molecule has 3 aliphatic rings. The lowest BCUT2D eigenvalue weighted by molar-refractivity contribution is 0.235. The number of nitrogens with two attached hydrogens (primary N) is 1. The van der Waals surface area contributed by atoms with E-state index in [-0.39, 0.29) is 12.5 Å². The number of fused-ring (bicyclic) bond motifs is 4. The summed E-state index contributed by atoms with van der Waals surface area (Å²) in [7, 11) is -3.85. The number of anilines is 1. The number of hydrogen-bond acceptors (Lipinski definition) is 4. The van der Waals surface area contributed by atoms with E-state index in [1.165, 1.54) is 30.5 Å². The summed E-state index contributed by atoms with van der Waals surface area (Å²) in [6.45, 7) is 2.47. The molecule has 1 saturated heterocycles. The second-order valence-electron chi connectivity index (χ2n) is 8.31. The van der Waals surface area contributed by atoms with Gasteiger partial charge in [-0.3, -0.25) is 9.46 Å². The third-order valence-electron chi connectivity index (χ3n) is 6.67. The molecule has 1 fully saturated rings. The maximum atomic E-state index is 12.8. The Balaban J connectivity index is 1.47. The third-order valence-corrected chi connectivity index (χ3v) is 8.12. The standard InChI is InChI=1S/C23H27N2O3P/c24-21-9-4-8-18-16(15-28-29(26,27)17-6-2-1-3-7-17)14-20-19(23(18)21)11-13-25-12-5-10-22(20)25/h1-4,6-9,16,22H,5,10-15,24H2,(H,26,27)/t16-,22-/m0/s1. The zero-order valence-corrected chi connectivity index (χ0v) is 17.4. The number of benzene rings is 2. The molecule has 0 aromatic heterocycles. The Kier molecular flexibility index (Phi) is 4.87. The molecule has 1 aliphatic carbocycles. The fraction of sp³-hybridized carbons (Fsp3) is 0.391. The van der Waals surface area contributed by atoms with Crippen molar-refractivity contribution in [1.82, 2.24) is 4.90 Å². The second-order valence-corrected chi connectivity index (χ2v) is 10.1. The van der Waals surface area contributed by atoms with Crippen molar-refractivity contribution < 1.29 is 14.0 Å². The molecule has 2 aromatic carbocycles. The number of nitrogens with zero attached hydrogens (tertiary/aromatic N) is 1. The van der Waals surface area contributed by atoms with Gasteiger partial charge in [-0.1, -0.05) is 30.3 Å². The van der Waals surface area contributed by atoms with Gasteiger partial charge in [-0.25, -0.2) is 0 Å². The van der Waals surface area contributed by atoms with Crippen molar-refractivity contribution in [2.45, 2.75) is 37.6 Å². The van der Waals surface area contributed by atoms with Gasteiger partial charge >= 0.3 is 7.60 Å². The monoisotopic (exact) mass is 410 g/mol. The summed E-state index contributed by atoms with van der Waals surface area (Å²) in [6.07, 6.45) is 4.33. The highest BCUT2D eigenvalue weighted by atomic mass is 31.2. The zero-order chi connectivity index (χ0) is 20.0. The molecule has 5 rings (SSSR count). The van der Waals surface area contributed by atoms with Crippen LogP contribution >= 0.6 is 7.60 Å². The SMILES string of the molecule is Nc1cccc2c1C1=C(C[C@H]2COP(=O)(O)c2ccccc2)[C@@H]2CCCN2CC1. The van der Waals surface area contributed by atoms with Crippen molar-refractivity contribution in [3.05, 3.63) is 65.2 Å². The molecule has 0 bridgehead atoms. The van der Waals surface area contributed by atoms with Gasteiger partial charge in [-0.2, -0.15) is 0 Å². The van der Waals surface area contributed by atoms with Crippen LogP contribution in [0.5, 0.6) is 0 Å². The summed E-state index contributed by atoms with van der Waals surface area (Å²) < 4.78 is 18.5. The molecule has 0 amide bonds. The van der Waals surface area contributed by atoms with E-state index in [1.54, 1.807) is 24.3 Å². The van der Waals surface area contributed by atoms with Gasteiger partial charge in [0, 0.05) is 29.8 Å². The molecule has 0 spiro atoms. The molecule has 152 valence electrons. The Hall–Kier alpha value is -1.91. The van der Waals surface area contributed by atoms with Crippen molar-refractivity contribution in [2.75, 3.05) is 25.4 Å². The van der Waals surface area contributed by atoms with Crippen LogP contribution in [-0.2, 0) is 9.09 Å². The first-order valence-corrected chi connectivity index (χ1v) is 12.0. The lowest BCUT2D eigenvalue weighted by Crippen LogP contribution is -2.38. The Bertz CT molecular complexity index is 1000. The van der Waals surface area contributed by atoms with Crippen LogP contribution < -0.4 is 11.0 Å². The fourth-order valence-electron chi connectivity index (χ4n) is 5.33. The lowest BCUT2D eigenvalue weighted by Gasteiger charge is -2.40. The summed E-state index contributed by atoms with van der Waals surface area (Å²) >= 11 is 0. The highest BCUT2D eigenvalue weighted by Gasteiger charge is 2.39. The second kappa shape index (κ2) is 7.41. The predicted octanol–water partition coefficient (Wildman–Crippen LogP) is 3.91. The highest BCUT2D eigenvalue weighted by Crippen LogP contribution is 2.50. The molecule has 2 heterocycles. The van der Waals surface area contributed by atoms with Gasteiger partial charge in [0.05, 0.1) is 11.9 Å². The molecular weight excluding hydrogens is 383 g/mol. The number of nitrogen functional groups attached to an aromatic ring is 1. The molecule has 29 heavy (non-hydrogen) atoms. The minimum Gasteiger partial charge on any atom is -0.398 e. The molecule has 3 N–H and O–H groups in total. The summed E-state index contributed by atoms with van der Waals surface area (Å²) in [4.78, 5) is 13.1. The van der Waals surface area contributed by atoms with Crippen molar-refractivity contribution in [3.8, 4) is 0 Å². The van der Waals surface area contributed by atoms with Gasteiger partial charge in [0.25, 0.3) is 0 Å². The van der Waals surface area contributed by atoms with Gasteiger partial charge in [-0.05, 0) is 67.1 Å². The van der Waals surface area contributed by atoms with E-state index in [2.05, 4.69) is 11.0 Å². The van der Waals surface area contributed by atoms with Crippen LogP contribution in [0, 0.1) is 0 Å². The maximum Gasteiger partial charge on any atom is 0.358 e. The third kappa shape index (κ3) is 3.36. The van der Waals surface area contributed by atoms with E-state index in [0.29, 0.717) is 11.3 Å². The first kappa shape index (κ1) is 19.1. The molecule has 6 heteroatoms. The molecule has 1 unspecified atom stereocenters. The van der Waals surface area contributed by atoms with Gasteiger partial charge in [-0.15, -0.1) is 0 Å². The van der Waals surface area contributed by atoms with Crippen molar-refractivity contribution in [3.63, 3.8) is 0 Å². The van der Waals surface area contributed by atoms with Crippen molar-refractivity contribution in [2.24, 2.45) is 0 Å². The molecule has 2 aliphatic heterocycles. The van der Waals surface area contributed by atoms with Crippen LogP contribution in [0.4, 0.5) is 5.69 Å². The summed E-state index contributed by atoms with van der Waals surface area (Å²) in [5, 5.41) is 0.336. The van der Waals surface area contributed by atoms with E-state index in [9.17, 15) is 9.46 Å². The number of hydrogen-bond donors (Lipinski definition) is 2. The van der Waals surface area contributed by atoms with Gasteiger partial charge in [0.2, 0.25) is 0 Å². The normalized spacial score (nSPS) is 25.8. The van der Waals surface area contributed by atoms with Crippen LogP contribution in [0.1, 0.15) is 42.7 Å². The highest BCUT2D eigenvalue weighted by molar-refractivity contribution is 7.61. The summed E-state index contributed by atoms with van der Waals surface area (Å²) in [6, 6.07) is 15.2. The Morgan fingerprint density at radius 3 is 2.79 bits per heavy atom. The predicted molar refractivity (Wildman–Crippen MR) is 116 cm³/mol. The quantitative estimate of drug-likeness (QED) is 0.591. The molecule has 0 saturated carbocycles. The maximum absolute atomic E-state index is 12.8. The van der Waals surface area contributed by atoms with Crippen LogP contribution in [0.15, 0.2) is 54.1 Å². The van der Waals surface area contributed by atoms with E-state index in [4.69, 9.17) is 10.3 Å². The van der Waals surface area contributed by atoms with E-state index in [1.807, 2.05) is 18.2 Å². The number of rotatable bonds is 4. The zero-order valence-electron chi connectivity index (χ0n) is 16.5. The van der Waals surface area contributed by atoms with Gasteiger partial charge in [0.1, 0.15) is 0 Å². The van der Waals surface area contributed by atoms with Gasteiger partial charge < -0.3 is 15.2 Å². The van der Waals surface area contributed by atoms with E-state index < -0.39 is 7.60 Å². The van der Waals surface area contributed by atoms with Crippen LogP contribution in [0.3, 0.4) is 0 Å². The fourth-order valence-corrected chi connectivity index (χ4v) is 6.41. The van der Waals surface area contributed by atoms with Crippen molar-refractivity contribution in [1.29, 1.82) is 0 Å². The molecule has 0 radical (unpaired) electrons. The minimum atomic E-state index is -3.85. The van der Waals surface area contributed by atoms with Crippen LogP contribution in [0.25, 0.3) is 5.57 Å². The largest absolute Gasteiger partial charge is 0.398 e. The van der Waals surface area contributed by atoms with E-state index in [0.717, 1.165) is 36.2 Å². The smallest absolute Gasteiger partial charge is 0.358 e. The molecular formula is C23H27N2O3P. The lowest BCUT2D eigenvalue weighted by atomic mass is 9.73.